The average molecular weight is 424 g/mol. The SMILES string of the molecule is Cc1nc2c(Oc3ccccc3)nc3c(c2n1CCCCSC(C)(C)C)CCCC3. The summed E-state index contributed by atoms with van der Waals surface area (Å²) in [6.07, 6.45) is 6.95. The fraction of sp³-hybridized carbons (Fsp3) is 0.520. The first kappa shape index (κ1) is 21.2. The molecule has 4 nitrogen and oxygen atoms in total. The van der Waals surface area contributed by atoms with Crippen molar-refractivity contribution in [2.75, 3.05) is 5.75 Å². The van der Waals surface area contributed by atoms with E-state index in [4.69, 9.17) is 14.7 Å². The number of aryl methyl sites for hydroxylation is 4. The summed E-state index contributed by atoms with van der Waals surface area (Å²) in [5.74, 6) is 3.74. The molecule has 4 rings (SSSR count). The number of hydrogen-bond acceptors (Lipinski definition) is 4. The Kier molecular flexibility index (Phi) is 6.37. The van der Waals surface area contributed by atoms with E-state index in [0.717, 1.165) is 36.5 Å². The lowest BCUT2D eigenvalue weighted by Crippen LogP contribution is -2.11. The summed E-state index contributed by atoms with van der Waals surface area (Å²) in [6, 6.07) is 9.93. The van der Waals surface area contributed by atoms with Crippen molar-refractivity contribution in [3.05, 3.63) is 47.4 Å². The van der Waals surface area contributed by atoms with Crippen LogP contribution in [-0.2, 0) is 19.4 Å². The molecule has 0 spiro atoms. The number of hydrogen-bond donors (Lipinski definition) is 0. The van der Waals surface area contributed by atoms with Crippen molar-refractivity contribution in [1.82, 2.24) is 14.5 Å². The molecule has 0 atom stereocenters. The van der Waals surface area contributed by atoms with E-state index in [1.807, 2.05) is 30.3 Å². The summed E-state index contributed by atoms with van der Waals surface area (Å²) in [4.78, 5) is 9.85. The van der Waals surface area contributed by atoms with Crippen molar-refractivity contribution in [1.29, 1.82) is 0 Å². The third-order valence-corrected chi connectivity index (χ3v) is 6.95. The second-order valence-electron chi connectivity index (χ2n) is 9.14. The predicted molar refractivity (Wildman–Crippen MR) is 127 cm³/mol. The first-order valence-corrected chi connectivity index (χ1v) is 12.2. The molecule has 160 valence electrons. The van der Waals surface area contributed by atoms with Gasteiger partial charge in [-0.15, -0.1) is 0 Å². The molecule has 1 aromatic carbocycles. The van der Waals surface area contributed by atoms with Crippen LogP contribution in [0.3, 0.4) is 0 Å². The molecular weight excluding hydrogens is 390 g/mol. The fourth-order valence-corrected chi connectivity index (χ4v) is 5.12. The number of para-hydroxylation sites is 1. The number of benzene rings is 1. The highest BCUT2D eigenvalue weighted by atomic mass is 32.2. The van der Waals surface area contributed by atoms with Gasteiger partial charge in [0.05, 0.1) is 5.52 Å². The minimum atomic E-state index is 0.339. The lowest BCUT2D eigenvalue weighted by molar-refractivity contribution is 0.463. The third kappa shape index (κ3) is 4.83. The number of rotatable bonds is 7. The first-order chi connectivity index (χ1) is 14.4. The van der Waals surface area contributed by atoms with E-state index in [2.05, 4.69) is 44.0 Å². The Hall–Kier alpha value is -2.01. The molecule has 1 aliphatic carbocycles. The molecule has 0 bridgehead atoms. The normalized spacial score (nSPS) is 14.1. The quantitative estimate of drug-likeness (QED) is 0.395. The summed E-state index contributed by atoms with van der Waals surface area (Å²) in [6.45, 7) is 10.00. The maximum atomic E-state index is 6.22. The topological polar surface area (TPSA) is 39.9 Å². The van der Waals surface area contributed by atoms with E-state index >= 15 is 0 Å². The summed E-state index contributed by atoms with van der Waals surface area (Å²) >= 11 is 2.05. The highest BCUT2D eigenvalue weighted by Gasteiger charge is 2.23. The largest absolute Gasteiger partial charge is 0.437 e. The van der Waals surface area contributed by atoms with Gasteiger partial charge in [0.1, 0.15) is 11.6 Å². The Balaban J connectivity index is 1.64. The maximum Gasteiger partial charge on any atom is 0.247 e. The molecule has 1 aliphatic rings. The molecule has 2 aromatic heterocycles. The number of imidazole rings is 1. The van der Waals surface area contributed by atoms with Crippen molar-refractivity contribution in [2.24, 2.45) is 0 Å². The summed E-state index contributed by atoms with van der Waals surface area (Å²) in [7, 11) is 0. The Labute approximate surface area is 184 Å². The maximum absolute atomic E-state index is 6.22. The Bertz CT molecular complexity index is 1000. The number of nitrogens with zero attached hydrogens (tertiary/aromatic N) is 3. The summed E-state index contributed by atoms with van der Waals surface area (Å²) < 4.78 is 8.97. The molecule has 2 heterocycles. The molecular formula is C25H33N3OS. The van der Waals surface area contributed by atoms with Gasteiger partial charge in [-0.3, -0.25) is 0 Å². The zero-order valence-electron chi connectivity index (χ0n) is 18.7. The van der Waals surface area contributed by atoms with Gasteiger partial charge in [-0.25, -0.2) is 9.97 Å². The first-order valence-electron chi connectivity index (χ1n) is 11.2. The Morgan fingerprint density at radius 1 is 1.03 bits per heavy atom. The molecule has 0 saturated carbocycles. The van der Waals surface area contributed by atoms with Crippen LogP contribution in [0.25, 0.3) is 11.0 Å². The second-order valence-corrected chi connectivity index (χ2v) is 11.1. The van der Waals surface area contributed by atoms with Crippen molar-refractivity contribution in [3.8, 4) is 11.6 Å². The van der Waals surface area contributed by atoms with Gasteiger partial charge in [-0.2, -0.15) is 11.8 Å². The number of thioether (sulfide) groups is 1. The third-order valence-electron chi connectivity index (χ3n) is 5.59. The van der Waals surface area contributed by atoms with Crippen molar-refractivity contribution < 1.29 is 4.74 Å². The van der Waals surface area contributed by atoms with Crippen LogP contribution in [0.2, 0.25) is 0 Å². The van der Waals surface area contributed by atoms with E-state index in [0.29, 0.717) is 10.6 Å². The lowest BCUT2D eigenvalue weighted by Gasteiger charge is -2.19. The highest BCUT2D eigenvalue weighted by molar-refractivity contribution is 8.00. The van der Waals surface area contributed by atoms with Crippen LogP contribution in [0.15, 0.2) is 30.3 Å². The van der Waals surface area contributed by atoms with Crippen LogP contribution in [0.5, 0.6) is 11.6 Å². The molecule has 0 amide bonds. The molecule has 30 heavy (non-hydrogen) atoms. The predicted octanol–water partition coefficient (Wildman–Crippen LogP) is 6.72. The van der Waals surface area contributed by atoms with Crippen molar-refractivity contribution in [2.45, 2.75) is 77.5 Å². The minimum absolute atomic E-state index is 0.339. The molecule has 0 fully saturated rings. The number of ether oxygens (including phenoxy) is 1. The zero-order chi connectivity index (χ0) is 21.1. The van der Waals surface area contributed by atoms with Gasteiger partial charge < -0.3 is 9.30 Å². The average Bonchev–Trinajstić information content (AvgIpc) is 3.05. The van der Waals surface area contributed by atoms with Crippen LogP contribution in [0, 0.1) is 6.92 Å². The Morgan fingerprint density at radius 2 is 1.80 bits per heavy atom. The van der Waals surface area contributed by atoms with E-state index in [9.17, 15) is 0 Å². The Morgan fingerprint density at radius 3 is 2.57 bits per heavy atom. The number of pyridine rings is 1. The van der Waals surface area contributed by atoms with Gasteiger partial charge in [0, 0.05) is 17.0 Å². The highest BCUT2D eigenvalue weighted by Crippen LogP contribution is 2.35. The van der Waals surface area contributed by atoms with E-state index in [1.54, 1.807) is 0 Å². The van der Waals surface area contributed by atoms with Gasteiger partial charge in [-0.1, -0.05) is 39.0 Å². The van der Waals surface area contributed by atoms with Gasteiger partial charge in [0.25, 0.3) is 0 Å². The van der Waals surface area contributed by atoms with Crippen LogP contribution in [0.1, 0.15) is 63.5 Å². The molecule has 0 radical (unpaired) electrons. The second kappa shape index (κ2) is 9.01. The summed E-state index contributed by atoms with van der Waals surface area (Å²) in [5.41, 5.74) is 4.76. The van der Waals surface area contributed by atoms with Crippen LogP contribution in [0.4, 0.5) is 0 Å². The molecule has 3 aromatic rings. The number of unbranched alkanes of at least 4 members (excludes halogenated alkanes) is 1. The van der Waals surface area contributed by atoms with Crippen LogP contribution < -0.4 is 4.74 Å². The zero-order valence-corrected chi connectivity index (χ0v) is 19.5. The monoisotopic (exact) mass is 423 g/mol. The smallest absolute Gasteiger partial charge is 0.247 e. The van der Waals surface area contributed by atoms with E-state index in [-0.39, 0.29) is 0 Å². The van der Waals surface area contributed by atoms with Gasteiger partial charge in [-0.05, 0) is 68.9 Å². The molecule has 5 heteroatoms. The fourth-order valence-electron chi connectivity index (χ4n) is 4.16. The van der Waals surface area contributed by atoms with E-state index < -0.39 is 0 Å². The van der Waals surface area contributed by atoms with Crippen LogP contribution in [-0.4, -0.2) is 25.0 Å². The number of fused-ring (bicyclic) bond motifs is 3. The van der Waals surface area contributed by atoms with Crippen molar-refractivity contribution in [3.63, 3.8) is 0 Å². The lowest BCUT2D eigenvalue weighted by atomic mass is 9.95. The van der Waals surface area contributed by atoms with Crippen molar-refractivity contribution >= 4 is 22.8 Å². The summed E-state index contributed by atoms with van der Waals surface area (Å²) in [5, 5.41) is 0. The molecule has 0 unspecified atom stereocenters. The van der Waals surface area contributed by atoms with Crippen LogP contribution >= 0.6 is 11.8 Å². The molecule has 0 saturated heterocycles. The minimum Gasteiger partial charge on any atom is -0.437 e. The van der Waals surface area contributed by atoms with Gasteiger partial charge in [0.2, 0.25) is 5.88 Å². The standard InChI is InChI=1S/C25H33N3OS/c1-18-26-22-23(28(18)16-10-11-17-30-25(2,3)4)20-14-8-9-15-21(20)27-24(22)29-19-12-6-5-7-13-19/h5-7,12-13H,8-11,14-17H2,1-4H3. The molecule has 0 N–H and O–H groups in total. The van der Waals surface area contributed by atoms with Gasteiger partial charge >= 0.3 is 0 Å². The molecule has 0 aliphatic heterocycles. The van der Waals surface area contributed by atoms with Gasteiger partial charge in [0.15, 0.2) is 5.52 Å². The number of aromatic nitrogens is 3. The van der Waals surface area contributed by atoms with E-state index in [1.165, 1.54) is 48.2 Å².